The minimum absolute atomic E-state index is 0.00286. The summed E-state index contributed by atoms with van der Waals surface area (Å²) in [6.07, 6.45) is 78.8. The van der Waals surface area contributed by atoms with Crippen molar-refractivity contribution in [2.24, 2.45) is 0 Å². The Morgan fingerprint density at radius 1 is 0.384 bits per heavy atom. The lowest BCUT2D eigenvalue weighted by Crippen LogP contribution is -2.45. The number of hydrogen-bond donors (Lipinski definition) is 3. The minimum Gasteiger partial charge on any atom is -0.466 e. The van der Waals surface area contributed by atoms with Crippen molar-refractivity contribution in [3.8, 4) is 0 Å². The number of unbranched alkanes of at least 4 members (excludes halogenated alkanes) is 44. The molecule has 0 spiro atoms. The Hall–Kier alpha value is -1.92. The molecule has 0 radical (unpaired) electrons. The highest BCUT2D eigenvalue weighted by Gasteiger charge is 2.20. The third-order valence-electron chi connectivity index (χ3n) is 15.2. The van der Waals surface area contributed by atoms with E-state index in [0.717, 1.165) is 51.4 Å². The first-order valence-electron chi connectivity index (χ1n) is 32.7. The highest BCUT2D eigenvalue weighted by molar-refractivity contribution is 5.76. The summed E-state index contributed by atoms with van der Waals surface area (Å²) in [5.74, 6) is -0.0339. The van der Waals surface area contributed by atoms with Gasteiger partial charge in [-0.3, -0.25) is 9.59 Å². The van der Waals surface area contributed by atoms with Gasteiger partial charge in [0.25, 0.3) is 0 Å². The van der Waals surface area contributed by atoms with Crippen LogP contribution in [-0.4, -0.2) is 47.4 Å². The molecule has 0 fully saturated rings. The second-order valence-electron chi connectivity index (χ2n) is 22.4. The SMILES string of the molecule is CCCCCCCC/C=C\CCCCCCCC(=O)OCCCCCCCCCCC/C=C\C/C=C\CCCCCCCCCCCCCC(=O)NC(CO)C(O)CCCCCCCCCCCCCCCC. The van der Waals surface area contributed by atoms with E-state index in [1.54, 1.807) is 0 Å². The summed E-state index contributed by atoms with van der Waals surface area (Å²) in [6.45, 7) is 4.96. The second kappa shape index (κ2) is 62.6. The van der Waals surface area contributed by atoms with Crippen molar-refractivity contribution in [3.63, 3.8) is 0 Å². The molecule has 430 valence electrons. The smallest absolute Gasteiger partial charge is 0.305 e. The number of carbonyl (C=O) groups excluding carboxylic acids is 2. The molecule has 3 N–H and O–H groups in total. The summed E-state index contributed by atoms with van der Waals surface area (Å²) in [7, 11) is 0. The van der Waals surface area contributed by atoms with Crippen LogP contribution in [0.25, 0.3) is 0 Å². The molecule has 6 heteroatoms. The fourth-order valence-corrected chi connectivity index (χ4v) is 10.1. The molecule has 0 saturated heterocycles. The van der Waals surface area contributed by atoms with Crippen LogP contribution in [0.2, 0.25) is 0 Å². The molecule has 2 unspecified atom stereocenters. The van der Waals surface area contributed by atoms with E-state index in [0.29, 0.717) is 25.9 Å². The summed E-state index contributed by atoms with van der Waals surface area (Å²) in [6, 6.07) is -0.544. The molecule has 0 aliphatic heterocycles. The molecule has 0 rings (SSSR count). The van der Waals surface area contributed by atoms with Gasteiger partial charge >= 0.3 is 5.97 Å². The number of aliphatic hydroxyl groups is 2. The summed E-state index contributed by atoms with van der Waals surface area (Å²) in [4.78, 5) is 24.5. The number of esters is 1. The largest absolute Gasteiger partial charge is 0.466 e. The summed E-state index contributed by atoms with van der Waals surface area (Å²) < 4.78 is 5.48. The van der Waals surface area contributed by atoms with Crippen molar-refractivity contribution >= 4 is 11.9 Å². The van der Waals surface area contributed by atoms with Gasteiger partial charge in [0.15, 0.2) is 0 Å². The Kier molecular flexibility index (Phi) is 61.0. The monoisotopic (exact) mass is 1030 g/mol. The van der Waals surface area contributed by atoms with Crippen LogP contribution in [0.5, 0.6) is 0 Å². The molecule has 1 amide bonds. The van der Waals surface area contributed by atoms with Crippen LogP contribution in [0.1, 0.15) is 354 Å². The maximum atomic E-state index is 12.5. The Morgan fingerprint density at radius 2 is 0.685 bits per heavy atom. The third kappa shape index (κ3) is 59.2. The zero-order valence-corrected chi connectivity index (χ0v) is 49.1. The van der Waals surface area contributed by atoms with Crippen LogP contribution >= 0.6 is 0 Å². The van der Waals surface area contributed by atoms with Gasteiger partial charge in [0.1, 0.15) is 0 Å². The molecule has 0 aliphatic carbocycles. The average molecular weight is 1030 g/mol. The van der Waals surface area contributed by atoms with Gasteiger partial charge in [0.2, 0.25) is 5.91 Å². The Labute approximate surface area is 455 Å². The van der Waals surface area contributed by atoms with Crippen LogP contribution < -0.4 is 5.32 Å². The lowest BCUT2D eigenvalue weighted by Gasteiger charge is -2.22. The summed E-state index contributed by atoms with van der Waals surface area (Å²) >= 11 is 0. The van der Waals surface area contributed by atoms with E-state index in [1.165, 1.54) is 270 Å². The fourth-order valence-electron chi connectivity index (χ4n) is 10.1. The molecule has 73 heavy (non-hydrogen) atoms. The predicted molar refractivity (Wildman–Crippen MR) is 319 cm³/mol. The highest BCUT2D eigenvalue weighted by atomic mass is 16.5. The van der Waals surface area contributed by atoms with Crippen molar-refractivity contribution in [3.05, 3.63) is 36.5 Å². The highest BCUT2D eigenvalue weighted by Crippen LogP contribution is 2.17. The number of allylic oxidation sites excluding steroid dienone is 6. The second-order valence-corrected chi connectivity index (χ2v) is 22.4. The lowest BCUT2D eigenvalue weighted by atomic mass is 10.0. The van der Waals surface area contributed by atoms with E-state index in [1.807, 2.05) is 0 Å². The average Bonchev–Trinajstić information content (AvgIpc) is 3.39. The molecule has 0 aromatic carbocycles. The zero-order chi connectivity index (χ0) is 52.9. The molecule has 0 aromatic rings. The number of hydrogen-bond acceptors (Lipinski definition) is 5. The van der Waals surface area contributed by atoms with Gasteiger partial charge in [0, 0.05) is 12.8 Å². The number of amides is 1. The van der Waals surface area contributed by atoms with E-state index in [9.17, 15) is 19.8 Å². The number of nitrogens with one attached hydrogen (secondary N) is 1. The molecule has 0 aliphatic rings. The molecule has 0 saturated carbocycles. The van der Waals surface area contributed by atoms with Gasteiger partial charge in [0.05, 0.1) is 25.4 Å². The van der Waals surface area contributed by atoms with Gasteiger partial charge in [-0.1, -0.05) is 294 Å². The Bertz CT molecular complexity index is 1180. The van der Waals surface area contributed by atoms with E-state index in [4.69, 9.17) is 4.74 Å². The van der Waals surface area contributed by atoms with Crippen molar-refractivity contribution in [2.45, 2.75) is 366 Å². The minimum atomic E-state index is -0.666. The predicted octanol–water partition coefficient (Wildman–Crippen LogP) is 20.8. The van der Waals surface area contributed by atoms with Gasteiger partial charge in [-0.2, -0.15) is 0 Å². The van der Waals surface area contributed by atoms with Gasteiger partial charge in [-0.05, 0) is 83.5 Å². The molecule has 0 bridgehead atoms. The summed E-state index contributed by atoms with van der Waals surface area (Å²) in [5, 5.41) is 23.3. The standard InChI is InChI=1S/C67H127NO5/c1-3-5-7-9-11-13-15-17-32-37-41-45-49-53-57-61-67(72)73-62-58-54-50-46-42-38-34-31-29-27-25-23-21-19-20-22-24-26-28-30-33-36-40-44-48-52-56-60-66(71)68-64(63-69)65(70)59-55-51-47-43-39-35-18-16-14-12-10-8-6-4-2/h17,19-20,23,25,32,64-65,69-70H,3-16,18,21-22,24,26-31,33-63H2,1-2H3,(H,68,71)/b20-19-,25-23-,32-17-. The van der Waals surface area contributed by atoms with Crippen LogP contribution in [0.15, 0.2) is 36.5 Å². The molecular weight excluding hydrogens is 899 g/mol. The third-order valence-corrected chi connectivity index (χ3v) is 15.2. The maximum Gasteiger partial charge on any atom is 0.305 e. The first kappa shape index (κ1) is 71.1. The molecule has 0 heterocycles. The van der Waals surface area contributed by atoms with Gasteiger partial charge in [-0.15, -0.1) is 0 Å². The number of ether oxygens (including phenoxy) is 1. The topological polar surface area (TPSA) is 95.9 Å². The first-order chi connectivity index (χ1) is 36.0. The van der Waals surface area contributed by atoms with E-state index < -0.39 is 12.1 Å². The maximum absolute atomic E-state index is 12.5. The lowest BCUT2D eigenvalue weighted by molar-refractivity contribution is -0.143. The van der Waals surface area contributed by atoms with Crippen molar-refractivity contribution in [1.29, 1.82) is 0 Å². The number of rotatable bonds is 61. The van der Waals surface area contributed by atoms with Gasteiger partial charge in [-0.25, -0.2) is 0 Å². The molecular formula is C67H127NO5. The van der Waals surface area contributed by atoms with Gasteiger partial charge < -0.3 is 20.3 Å². The van der Waals surface area contributed by atoms with E-state index in [2.05, 4.69) is 55.6 Å². The van der Waals surface area contributed by atoms with Crippen molar-refractivity contribution in [1.82, 2.24) is 5.32 Å². The normalized spacial score (nSPS) is 12.8. The molecule has 0 aromatic heterocycles. The Balaban J connectivity index is 3.41. The fraction of sp³-hybridized carbons (Fsp3) is 0.881. The molecule has 6 nitrogen and oxygen atoms in total. The van der Waals surface area contributed by atoms with E-state index >= 15 is 0 Å². The summed E-state index contributed by atoms with van der Waals surface area (Å²) in [5.41, 5.74) is 0. The molecule has 2 atom stereocenters. The number of aliphatic hydroxyl groups excluding tert-OH is 2. The van der Waals surface area contributed by atoms with Crippen molar-refractivity contribution in [2.75, 3.05) is 13.2 Å². The van der Waals surface area contributed by atoms with Crippen molar-refractivity contribution < 1.29 is 24.5 Å². The van der Waals surface area contributed by atoms with Crippen LogP contribution in [0, 0.1) is 0 Å². The zero-order valence-electron chi connectivity index (χ0n) is 49.1. The van der Waals surface area contributed by atoms with Crippen LogP contribution in [0.4, 0.5) is 0 Å². The quantitative estimate of drug-likeness (QED) is 0.0320. The van der Waals surface area contributed by atoms with E-state index in [-0.39, 0.29) is 18.5 Å². The Morgan fingerprint density at radius 3 is 1.05 bits per heavy atom. The number of carbonyl (C=O) groups is 2. The van der Waals surface area contributed by atoms with Crippen LogP contribution in [0.3, 0.4) is 0 Å². The first-order valence-corrected chi connectivity index (χ1v) is 32.7. The van der Waals surface area contributed by atoms with Crippen LogP contribution in [-0.2, 0) is 14.3 Å².